The fraction of sp³-hybridized carbons (Fsp3) is 1.00. The molecule has 3 nitrogen and oxygen atoms in total. The van der Waals surface area contributed by atoms with Crippen LogP contribution in [-0.2, 0) is 4.74 Å². The standard InChI is InChI=1S/C11H22N2O/c1-3-10(4-7-12-5-1)11-9-14-8-2-6-13-11/h10-13H,1-9H2. The van der Waals surface area contributed by atoms with Crippen molar-refractivity contribution in [2.75, 3.05) is 32.8 Å². The summed E-state index contributed by atoms with van der Waals surface area (Å²) >= 11 is 0. The van der Waals surface area contributed by atoms with E-state index >= 15 is 0 Å². The lowest BCUT2D eigenvalue weighted by Crippen LogP contribution is -2.39. The van der Waals surface area contributed by atoms with E-state index in [9.17, 15) is 0 Å². The molecule has 0 aliphatic carbocycles. The molecular formula is C11H22N2O. The predicted octanol–water partition coefficient (Wildman–Crippen LogP) is 0.755. The van der Waals surface area contributed by atoms with Gasteiger partial charge in [-0.1, -0.05) is 0 Å². The van der Waals surface area contributed by atoms with Crippen LogP contribution in [0.15, 0.2) is 0 Å². The summed E-state index contributed by atoms with van der Waals surface area (Å²) in [5, 5.41) is 7.09. The van der Waals surface area contributed by atoms with Crippen molar-refractivity contribution in [3.05, 3.63) is 0 Å². The maximum absolute atomic E-state index is 5.62. The lowest BCUT2D eigenvalue weighted by atomic mass is 9.92. The molecule has 2 saturated heterocycles. The van der Waals surface area contributed by atoms with Crippen LogP contribution in [0.2, 0.25) is 0 Å². The molecule has 0 aromatic heterocycles. The van der Waals surface area contributed by atoms with Crippen molar-refractivity contribution >= 4 is 0 Å². The first-order valence-corrected chi connectivity index (χ1v) is 5.98. The summed E-state index contributed by atoms with van der Waals surface area (Å²) in [4.78, 5) is 0. The Balaban J connectivity index is 1.83. The van der Waals surface area contributed by atoms with Gasteiger partial charge in [0.15, 0.2) is 0 Å². The minimum atomic E-state index is 0.609. The highest BCUT2D eigenvalue weighted by molar-refractivity contribution is 4.80. The summed E-state index contributed by atoms with van der Waals surface area (Å²) in [7, 11) is 0. The van der Waals surface area contributed by atoms with E-state index < -0.39 is 0 Å². The van der Waals surface area contributed by atoms with Crippen LogP contribution in [0.1, 0.15) is 25.7 Å². The van der Waals surface area contributed by atoms with Crippen molar-refractivity contribution in [1.82, 2.24) is 10.6 Å². The minimum absolute atomic E-state index is 0.609. The molecule has 2 atom stereocenters. The third kappa shape index (κ3) is 2.94. The molecule has 0 aromatic carbocycles. The van der Waals surface area contributed by atoms with E-state index in [0.717, 1.165) is 25.7 Å². The fourth-order valence-corrected chi connectivity index (χ4v) is 2.48. The van der Waals surface area contributed by atoms with Gasteiger partial charge in [0, 0.05) is 12.6 Å². The molecule has 0 bridgehead atoms. The Kier molecular flexibility index (Phi) is 4.22. The van der Waals surface area contributed by atoms with Gasteiger partial charge in [0.1, 0.15) is 0 Å². The van der Waals surface area contributed by atoms with Gasteiger partial charge < -0.3 is 15.4 Å². The molecule has 0 aromatic rings. The Morgan fingerprint density at radius 1 is 1.00 bits per heavy atom. The van der Waals surface area contributed by atoms with Crippen LogP contribution in [0.3, 0.4) is 0 Å². The van der Waals surface area contributed by atoms with Crippen molar-refractivity contribution in [2.45, 2.75) is 31.7 Å². The lowest BCUT2D eigenvalue weighted by Gasteiger charge is -2.24. The van der Waals surface area contributed by atoms with Gasteiger partial charge in [-0.05, 0) is 51.2 Å². The second-order valence-electron chi connectivity index (χ2n) is 4.43. The van der Waals surface area contributed by atoms with E-state index in [1.807, 2.05) is 0 Å². The molecule has 0 spiro atoms. The summed E-state index contributed by atoms with van der Waals surface area (Å²) in [5.41, 5.74) is 0. The highest BCUT2D eigenvalue weighted by atomic mass is 16.5. The monoisotopic (exact) mass is 198 g/mol. The largest absolute Gasteiger partial charge is 0.380 e. The van der Waals surface area contributed by atoms with Crippen LogP contribution >= 0.6 is 0 Å². The highest BCUT2D eigenvalue weighted by Crippen LogP contribution is 2.19. The molecular weight excluding hydrogens is 176 g/mol. The van der Waals surface area contributed by atoms with Crippen LogP contribution in [0.5, 0.6) is 0 Å². The summed E-state index contributed by atoms with van der Waals surface area (Å²) in [5.74, 6) is 0.822. The van der Waals surface area contributed by atoms with Crippen molar-refractivity contribution in [3.8, 4) is 0 Å². The zero-order chi connectivity index (χ0) is 9.64. The molecule has 82 valence electrons. The van der Waals surface area contributed by atoms with Crippen LogP contribution in [0, 0.1) is 5.92 Å². The Labute approximate surface area is 86.6 Å². The van der Waals surface area contributed by atoms with Crippen LogP contribution < -0.4 is 10.6 Å². The Morgan fingerprint density at radius 3 is 3.00 bits per heavy atom. The first-order valence-electron chi connectivity index (χ1n) is 5.98. The van der Waals surface area contributed by atoms with Crippen molar-refractivity contribution in [2.24, 2.45) is 5.92 Å². The second-order valence-corrected chi connectivity index (χ2v) is 4.43. The van der Waals surface area contributed by atoms with E-state index in [2.05, 4.69) is 10.6 Å². The molecule has 2 fully saturated rings. The topological polar surface area (TPSA) is 33.3 Å². The zero-order valence-electron chi connectivity index (χ0n) is 8.93. The SMILES string of the molecule is C1CNC(C2CCCNCC2)COC1. The molecule has 2 aliphatic heterocycles. The number of nitrogens with one attached hydrogen (secondary N) is 2. The van der Waals surface area contributed by atoms with Gasteiger partial charge in [-0.2, -0.15) is 0 Å². The summed E-state index contributed by atoms with van der Waals surface area (Å²) in [6.07, 6.45) is 5.15. The molecule has 0 saturated carbocycles. The van der Waals surface area contributed by atoms with Gasteiger partial charge in [-0.3, -0.25) is 0 Å². The molecule has 0 amide bonds. The van der Waals surface area contributed by atoms with Crippen molar-refractivity contribution in [1.29, 1.82) is 0 Å². The smallest absolute Gasteiger partial charge is 0.0622 e. The molecule has 2 unspecified atom stereocenters. The van der Waals surface area contributed by atoms with Gasteiger partial charge in [0.2, 0.25) is 0 Å². The van der Waals surface area contributed by atoms with Crippen LogP contribution in [0.4, 0.5) is 0 Å². The minimum Gasteiger partial charge on any atom is -0.380 e. The van der Waals surface area contributed by atoms with E-state index in [0.29, 0.717) is 6.04 Å². The van der Waals surface area contributed by atoms with Crippen molar-refractivity contribution in [3.63, 3.8) is 0 Å². The molecule has 2 aliphatic rings. The maximum Gasteiger partial charge on any atom is 0.0622 e. The fourth-order valence-electron chi connectivity index (χ4n) is 2.48. The van der Waals surface area contributed by atoms with Crippen molar-refractivity contribution < 1.29 is 4.74 Å². The Bertz CT molecular complexity index is 129. The van der Waals surface area contributed by atoms with Gasteiger partial charge in [0.25, 0.3) is 0 Å². The molecule has 3 heteroatoms. The Hall–Kier alpha value is -0.120. The first-order chi connectivity index (χ1) is 6.97. The van der Waals surface area contributed by atoms with Gasteiger partial charge in [-0.25, -0.2) is 0 Å². The number of rotatable bonds is 1. The number of ether oxygens (including phenoxy) is 1. The van der Waals surface area contributed by atoms with E-state index in [-0.39, 0.29) is 0 Å². The molecule has 2 heterocycles. The third-order valence-corrected chi connectivity index (χ3v) is 3.36. The van der Waals surface area contributed by atoms with E-state index in [4.69, 9.17) is 4.74 Å². The molecule has 2 rings (SSSR count). The molecule has 2 N–H and O–H groups in total. The predicted molar refractivity (Wildman–Crippen MR) is 57.4 cm³/mol. The average Bonchev–Trinajstić information content (AvgIpc) is 2.62. The van der Waals surface area contributed by atoms with E-state index in [1.54, 1.807) is 0 Å². The summed E-state index contributed by atoms with van der Waals surface area (Å²) < 4.78 is 5.62. The summed E-state index contributed by atoms with van der Waals surface area (Å²) in [6.45, 7) is 5.38. The summed E-state index contributed by atoms with van der Waals surface area (Å²) in [6, 6.07) is 0.609. The average molecular weight is 198 g/mol. The van der Waals surface area contributed by atoms with Gasteiger partial charge >= 0.3 is 0 Å². The quantitative estimate of drug-likeness (QED) is 0.652. The van der Waals surface area contributed by atoms with Gasteiger partial charge in [0.05, 0.1) is 6.61 Å². The van der Waals surface area contributed by atoms with Gasteiger partial charge in [-0.15, -0.1) is 0 Å². The lowest BCUT2D eigenvalue weighted by molar-refractivity contribution is 0.112. The normalized spacial score (nSPS) is 36.0. The van der Waals surface area contributed by atoms with Crippen LogP contribution in [0.25, 0.3) is 0 Å². The maximum atomic E-state index is 5.62. The Morgan fingerprint density at radius 2 is 2.00 bits per heavy atom. The van der Waals surface area contributed by atoms with E-state index in [1.165, 1.54) is 38.8 Å². The highest BCUT2D eigenvalue weighted by Gasteiger charge is 2.23. The number of hydrogen-bond acceptors (Lipinski definition) is 3. The molecule has 0 radical (unpaired) electrons. The third-order valence-electron chi connectivity index (χ3n) is 3.36. The number of hydrogen-bond donors (Lipinski definition) is 2. The zero-order valence-corrected chi connectivity index (χ0v) is 8.93. The van der Waals surface area contributed by atoms with Crippen LogP contribution in [-0.4, -0.2) is 38.9 Å². The molecule has 14 heavy (non-hydrogen) atoms. The second kappa shape index (κ2) is 5.69. The first kappa shape index (κ1) is 10.4.